The first-order valence-corrected chi connectivity index (χ1v) is 14.2. The van der Waals surface area contributed by atoms with Crippen LogP contribution in [0.25, 0.3) is 22.0 Å². The lowest BCUT2D eigenvalue weighted by Gasteiger charge is -2.11. The number of nitrogens with one attached hydrogen (secondary N) is 4. The number of carbonyl (C=O) groups excluding carboxylic acids is 1. The summed E-state index contributed by atoms with van der Waals surface area (Å²) in [5, 5.41) is 6.76. The van der Waals surface area contributed by atoms with Crippen molar-refractivity contribution in [2.75, 3.05) is 11.9 Å². The molecule has 1 amide bonds. The third-order valence-corrected chi connectivity index (χ3v) is 7.95. The fraction of sp³-hybridized carbons (Fsp3) is 0.0667. The Kier molecular flexibility index (Phi) is 7.83. The number of carbonyl (C=O) groups is 1. The van der Waals surface area contributed by atoms with Crippen LogP contribution in [0.15, 0.2) is 114 Å². The number of aromatic nitrogens is 1. The summed E-state index contributed by atoms with van der Waals surface area (Å²) in [6.07, 6.45) is 2.46. The molecule has 39 heavy (non-hydrogen) atoms. The standard InChI is InChI=1S/C30H26N4O3S2/c35-29(23-12-10-22(11-13-23)21-6-2-1-3-7-21)34-30(38)33-25-14-16-26(17-15-25)39(36,37)32-19-18-24-20-31-28-9-5-4-8-27(24)28/h1-17,20,31-32H,18-19H2,(H2,33,34,35,38). The molecule has 0 saturated carbocycles. The van der Waals surface area contributed by atoms with Crippen LogP contribution in [0.2, 0.25) is 0 Å². The van der Waals surface area contributed by atoms with E-state index in [0.29, 0.717) is 17.7 Å². The zero-order valence-electron chi connectivity index (χ0n) is 20.8. The van der Waals surface area contributed by atoms with E-state index in [0.717, 1.165) is 27.6 Å². The number of rotatable bonds is 8. The molecule has 0 bridgehead atoms. The largest absolute Gasteiger partial charge is 0.361 e. The van der Waals surface area contributed by atoms with Crippen molar-refractivity contribution < 1.29 is 13.2 Å². The van der Waals surface area contributed by atoms with Crippen LogP contribution >= 0.6 is 12.2 Å². The number of hydrogen-bond donors (Lipinski definition) is 4. The van der Waals surface area contributed by atoms with Crippen molar-refractivity contribution >= 4 is 49.9 Å². The zero-order chi connectivity index (χ0) is 27.2. The highest BCUT2D eigenvalue weighted by molar-refractivity contribution is 7.89. The predicted molar refractivity (Wildman–Crippen MR) is 159 cm³/mol. The normalized spacial score (nSPS) is 11.3. The minimum atomic E-state index is -3.68. The first-order chi connectivity index (χ1) is 18.9. The van der Waals surface area contributed by atoms with E-state index in [9.17, 15) is 13.2 Å². The number of thiocarbonyl (C=S) groups is 1. The van der Waals surface area contributed by atoms with Gasteiger partial charge in [-0.1, -0.05) is 60.7 Å². The lowest BCUT2D eigenvalue weighted by molar-refractivity contribution is 0.0977. The van der Waals surface area contributed by atoms with E-state index in [1.807, 2.05) is 72.9 Å². The summed E-state index contributed by atoms with van der Waals surface area (Å²) < 4.78 is 28.2. The van der Waals surface area contributed by atoms with Gasteiger partial charge in [0.1, 0.15) is 0 Å². The molecular weight excluding hydrogens is 528 g/mol. The minimum absolute atomic E-state index is 0.111. The van der Waals surface area contributed by atoms with Gasteiger partial charge in [0.25, 0.3) is 5.91 Å². The highest BCUT2D eigenvalue weighted by Crippen LogP contribution is 2.20. The lowest BCUT2D eigenvalue weighted by Crippen LogP contribution is -2.34. The summed E-state index contributed by atoms with van der Waals surface area (Å²) in [6, 6.07) is 31.2. The van der Waals surface area contributed by atoms with Gasteiger partial charge in [-0.2, -0.15) is 0 Å². The number of aromatic amines is 1. The van der Waals surface area contributed by atoms with E-state index < -0.39 is 10.0 Å². The molecule has 0 saturated heterocycles. The molecule has 0 radical (unpaired) electrons. The fourth-order valence-corrected chi connectivity index (χ4v) is 5.48. The van der Waals surface area contributed by atoms with E-state index in [1.54, 1.807) is 24.3 Å². The highest BCUT2D eigenvalue weighted by Gasteiger charge is 2.15. The van der Waals surface area contributed by atoms with E-state index >= 15 is 0 Å². The molecular formula is C30H26N4O3S2. The smallest absolute Gasteiger partial charge is 0.257 e. The topological polar surface area (TPSA) is 103 Å². The van der Waals surface area contributed by atoms with E-state index in [-0.39, 0.29) is 22.5 Å². The van der Waals surface area contributed by atoms with E-state index in [1.165, 1.54) is 12.1 Å². The van der Waals surface area contributed by atoms with Crippen LogP contribution in [0.1, 0.15) is 15.9 Å². The van der Waals surface area contributed by atoms with Gasteiger partial charge in [0, 0.05) is 34.9 Å². The molecule has 0 unspecified atom stereocenters. The molecule has 0 fully saturated rings. The summed E-state index contributed by atoms with van der Waals surface area (Å²) >= 11 is 5.27. The van der Waals surface area contributed by atoms with E-state index in [4.69, 9.17) is 12.2 Å². The molecule has 5 rings (SSSR count). The third-order valence-electron chi connectivity index (χ3n) is 6.27. The van der Waals surface area contributed by atoms with Gasteiger partial charge in [0.15, 0.2) is 5.11 Å². The molecule has 1 heterocycles. The molecule has 5 aromatic rings. The van der Waals surface area contributed by atoms with Crippen molar-refractivity contribution in [1.82, 2.24) is 15.0 Å². The third kappa shape index (κ3) is 6.40. The molecule has 196 valence electrons. The first-order valence-electron chi connectivity index (χ1n) is 12.3. The molecule has 0 aliphatic carbocycles. The van der Waals surface area contributed by atoms with Gasteiger partial charge in [0.2, 0.25) is 10.0 Å². The molecule has 7 nitrogen and oxygen atoms in total. The Morgan fingerprint density at radius 3 is 2.21 bits per heavy atom. The fourth-order valence-electron chi connectivity index (χ4n) is 4.24. The zero-order valence-corrected chi connectivity index (χ0v) is 22.5. The van der Waals surface area contributed by atoms with Crippen molar-refractivity contribution in [2.45, 2.75) is 11.3 Å². The number of hydrogen-bond acceptors (Lipinski definition) is 4. The monoisotopic (exact) mass is 554 g/mol. The van der Waals surface area contributed by atoms with Crippen molar-refractivity contribution in [3.8, 4) is 11.1 Å². The molecule has 4 aromatic carbocycles. The van der Waals surface area contributed by atoms with Gasteiger partial charge in [-0.3, -0.25) is 10.1 Å². The molecule has 0 aliphatic heterocycles. The van der Waals surface area contributed by atoms with Crippen molar-refractivity contribution in [2.24, 2.45) is 0 Å². The average Bonchev–Trinajstić information content (AvgIpc) is 3.37. The van der Waals surface area contributed by atoms with Crippen LogP contribution < -0.4 is 15.4 Å². The summed E-state index contributed by atoms with van der Waals surface area (Å²) in [5.41, 5.74) is 5.17. The number of sulfonamides is 1. The predicted octanol–water partition coefficient (Wildman–Crippen LogP) is 5.48. The molecule has 1 aromatic heterocycles. The Bertz CT molecular complexity index is 1710. The number of anilines is 1. The van der Waals surface area contributed by atoms with Gasteiger partial charge in [-0.15, -0.1) is 0 Å². The Morgan fingerprint density at radius 2 is 1.46 bits per heavy atom. The second kappa shape index (κ2) is 11.6. The van der Waals surface area contributed by atoms with Crippen LogP contribution in [0.5, 0.6) is 0 Å². The van der Waals surface area contributed by atoms with Crippen molar-refractivity contribution in [1.29, 1.82) is 0 Å². The van der Waals surface area contributed by atoms with Crippen LogP contribution in [-0.2, 0) is 16.4 Å². The Balaban J connectivity index is 1.13. The van der Waals surface area contributed by atoms with Gasteiger partial charge in [-0.05, 0) is 77.8 Å². The summed E-state index contributed by atoms with van der Waals surface area (Å²) in [6.45, 7) is 0.270. The van der Waals surface area contributed by atoms with Crippen molar-refractivity contribution in [3.05, 3.63) is 120 Å². The second-order valence-corrected chi connectivity index (χ2v) is 11.1. The molecule has 9 heteroatoms. The summed E-state index contributed by atoms with van der Waals surface area (Å²) in [5.74, 6) is -0.342. The van der Waals surface area contributed by atoms with Gasteiger partial charge in [-0.25, -0.2) is 13.1 Å². The van der Waals surface area contributed by atoms with E-state index in [2.05, 4.69) is 20.3 Å². The number of amides is 1. The Hall–Kier alpha value is -4.31. The summed E-state index contributed by atoms with van der Waals surface area (Å²) in [4.78, 5) is 15.9. The molecule has 0 atom stereocenters. The van der Waals surface area contributed by atoms with Gasteiger partial charge in [0.05, 0.1) is 4.90 Å². The van der Waals surface area contributed by atoms with Crippen LogP contribution in [-0.4, -0.2) is 31.0 Å². The maximum atomic E-state index is 12.8. The summed E-state index contributed by atoms with van der Waals surface area (Å²) in [7, 11) is -3.68. The van der Waals surface area contributed by atoms with Crippen LogP contribution in [0, 0.1) is 0 Å². The highest BCUT2D eigenvalue weighted by atomic mass is 32.2. The molecule has 0 aliphatic rings. The number of fused-ring (bicyclic) bond motifs is 1. The Labute approximate surface area is 232 Å². The number of para-hydroxylation sites is 1. The quantitative estimate of drug-likeness (QED) is 0.190. The average molecular weight is 555 g/mol. The lowest BCUT2D eigenvalue weighted by atomic mass is 10.0. The second-order valence-electron chi connectivity index (χ2n) is 8.88. The van der Waals surface area contributed by atoms with Crippen LogP contribution in [0.3, 0.4) is 0 Å². The number of benzene rings is 4. The SMILES string of the molecule is O=C(NC(=S)Nc1ccc(S(=O)(=O)NCCc2c[nH]c3ccccc23)cc1)c1ccc(-c2ccccc2)cc1. The number of H-pyrrole nitrogens is 1. The maximum Gasteiger partial charge on any atom is 0.257 e. The molecule has 4 N–H and O–H groups in total. The molecule has 0 spiro atoms. The first kappa shape index (κ1) is 26.3. The Morgan fingerprint density at radius 1 is 0.795 bits per heavy atom. The minimum Gasteiger partial charge on any atom is -0.361 e. The maximum absolute atomic E-state index is 12.8. The van der Waals surface area contributed by atoms with Gasteiger partial charge < -0.3 is 10.3 Å². The van der Waals surface area contributed by atoms with Crippen LogP contribution in [0.4, 0.5) is 5.69 Å². The van der Waals surface area contributed by atoms with Gasteiger partial charge >= 0.3 is 0 Å². The van der Waals surface area contributed by atoms with Crippen molar-refractivity contribution in [3.63, 3.8) is 0 Å².